The topological polar surface area (TPSA) is 12.0 Å². The monoisotopic (exact) mass is 257 g/mol. The second-order valence-electron chi connectivity index (χ2n) is 3.68. The van der Waals surface area contributed by atoms with Crippen molar-refractivity contribution in [3.8, 4) is 0 Å². The molecule has 1 atom stereocenters. The second-order valence-corrected chi connectivity index (χ2v) is 4.53. The molecule has 2 rings (SSSR count). The van der Waals surface area contributed by atoms with Gasteiger partial charge in [-0.25, -0.2) is 4.39 Å². The number of hydrogen-bond donors (Lipinski definition) is 1. The molecule has 1 heterocycles. The van der Waals surface area contributed by atoms with E-state index in [0.29, 0.717) is 5.92 Å². The van der Waals surface area contributed by atoms with Crippen molar-refractivity contribution in [1.82, 2.24) is 5.32 Å². The van der Waals surface area contributed by atoms with Gasteiger partial charge in [0, 0.05) is 22.5 Å². The average Bonchev–Trinajstić information content (AvgIpc) is 2.19. The Morgan fingerprint density at radius 2 is 2.29 bits per heavy atom. The highest BCUT2D eigenvalue weighted by Gasteiger charge is 2.20. The van der Waals surface area contributed by atoms with E-state index in [1.165, 1.54) is 6.07 Å². The first-order valence-corrected chi connectivity index (χ1v) is 5.73. The summed E-state index contributed by atoms with van der Waals surface area (Å²) in [7, 11) is 0. The van der Waals surface area contributed by atoms with Crippen LogP contribution in [-0.2, 0) is 0 Å². The van der Waals surface area contributed by atoms with Gasteiger partial charge in [-0.15, -0.1) is 0 Å². The summed E-state index contributed by atoms with van der Waals surface area (Å²) >= 11 is 3.41. The van der Waals surface area contributed by atoms with Crippen LogP contribution in [0, 0.1) is 5.82 Å². The van der Waals surface area contributed by atoms with Crippen LogP contribution in [0.25, 0.3) is 0 Å². The van der Waals surface area contributed by atoms with Gasteiger partial charge < -0.3 is 5.32 Å². The molecule has 0 saturated carbocycles. The Morgan fingerprint density at radius 1 is 1.43 bits per heavy atom. The van der Waals surface area contributed by atoms with Gasteiger partial charge in [0.25, 0.3) is 0 Å². The molecule has 0 amide bonds. The normalized spacial score (nSPS) is 22.3. The van der Waals surface area contributed by atoms with Gasteiger partial charge in [0.15, 0.2) is 0 Å². The molecule has 0 radical (unpaired) electrons. The second kappa shape index (κ2) is 4.41. The number of hydrogen-bond acceptors (Lipinski definition) is 1. The van der Waals surface area contributed by atoms with E-state index < -0.39 is 0 Å². The summed E-state index contributed by atoms with van der Waals surface area (Å²) in [6, 6.07) is 5.18. The van der Waals surface area contributed by atoms with Gasteiger partial charge in [-0.2, -0.15) is 0 Å². The van der Waals surface area contributed by atoms with Gasteiger partial charge in [-0.1, -0.05) is 22.0 Å². The standard InChI is InChI=1S/C11H13BrFN/c12-9-4-1-5-10(13)11(9)8-3-2-6-14-7-8/h1,4-5,8,14H,2-3,6-7H2. The third-order valence-electron chi connectivity index (χ3n) is 2.70. The summed E-state index contributed by atoms with van der Waals surface area (Å²) in [4.78, 5) is 0. The first-order valence-electron chi connectivity index (χ1n) is 4.93. The minimum atomic E-state index is -0.0897. The molecular formula is C11H13BrFN. The van der Waals surface area contributed by atoms with Crippen LogP contribution in [0.1, 0.15) is 24.3 Å². The summed E-state index contributed by atoms with van der Waals surface area (Å²) in [5.74, 6) is 0.229. The van der Waals surface area contributed by atoms with Crippen molar-refractivity contribution in [1.29, 1.82) is 0 Å². The van der Waals surface area contributed by atoms with Gasteiger partial charge in [0.2, 0.25) is 0 Å². The molecule has 1 aliphatic heterocycles. The third-order valence-corrected chi connectivity index (χ3v) is 3.40. The van der Waals surface area contributed by atoms with Crippen LogP contribution in [0.3, 0.4) is 0 Å². The van der Waals surface area contributed by atoms with E-state index >= 15 is 0 Å². The van der Waals surface area contributed by atoms with Crippen LogP contribution in [0.4, 0.5) is 4.39 Å². The molecule has 0 aromatic heterocycles. The molecule has 0 bridgehead atoms. The van der Waals surface area contributed by atoms with Crippen LogP contribution >= 0.6 is 15.9 Å². The molecule has 1 aliphatic rings. The number of piperidine rings is 1. The fourth-order valence-corrected chi connectivity index (χ4v) is 2.66. The minimum absolute atomic E-state index is 0.0897. The fraction of sp³-hybridized carbons (Fsp3) is 0.455. The van der Waals surface area contributed by atoms with Gasteiger partial charge in [-0.3, -0.25) is 0 Å². The van der Waals surface area contributed by atoms with E-state index in [-0.39, 0.29) is 5.82 Å². The summed E-state index contributed by atoms with van der Waals surface area (Å²) in [6.45, 7) is 1.95. The molecule has 1 nitrogen and oxygen atoms in total. The molecule has 1 saturated heterocycles. The van der Waals surface area contributed by atoms with Crippen LogP contribution in [0.2, 0.25) is 0 Å². The number of nitrogens with one attached hydrogen (secondary N) is 1. The third kappa shape index (κ3) is 1.98. The Labute approximate surface area is 91.8 Å². The highest BCUT2D eigenvalue weighted by atomic mass is 79.9. The smallest absolute Gasteiger partial charge is 0.127 e. The van der Waals surface area contributed by atoms with Crippen molar-refractivity contribution in [2.45, 2.75) is 18.8 Å². The fourth-order valence-electron chi connectivity index (χ4n) is 2.00. The molecule has 3 heteroatoms. The largest absolute Gasteiger partial charge is 0.316 e. The van der Waals surface area contributed by atoms with E-state index in [0.717, 1.165) is 36.0 Å². The molecule has 1 N–H and O–H groups in total. The Bertz CT molecular complexity index is 301. The minimum Gasteiger partial charge on any atom is -0.316 e. The van der Waals surface area contributed by atoms with Crippen LogP contribution in [-0.4, -0.2) is 13.1 Å². The van der Waals surface area contributed by atoms with Crippen molar-refractivity contribution in [2.24, 2.45) is 0 Å². The molecular weight excluding hydrogens is 245 g/mol. The summed E-state index contributed by atoms with van der Waals surface area (Å²) in [5.41, 5.74) is 0.833. The van der Waals surface area contributed by atoms with Crippen LogP contribution < -0.4 is 5.32 Å². The van der Waals surface area contributed by atoms with Crippen molar-refractivity contribution in [2.75, 3.05) is 13.1 Å². The highest BCUT2D eigenvalue weighted by molar-refractivity contribution is 9.10. The van der Waals surface area contributed by atoms with E-state index in [1.807, 2.05) is 6.07 Å². The lowest BCUT2D eigenvalue weighted by Gasteiger charge is -2.24. The quantitative estimate of drug-likeness (QED) is 0.816. The van der Waals surface area contributed by atoms with Crippen LogP contribution in [0.15, 0.2) is 22.7 Å². The van der Waals surface area contributed by atoms with Crippen molar-refractivity contribution in [3.63, 3.8) is 0 Å². The van der Waals surface area contributed by atoms with Crippen molar-refractivity contribution < 1.29 is 4.39 Å². The molecule has 0 spiro atoms. The van der Waals surface area contributed by atoms with Crippen molar-refractivity contribution in [3.05, 3.63) is 34.1 Å². The van der Waals surface area contributed by atoms with Crippen LogP contribution in [0.5, 0.6) is 0 Å². The Morgan fingerprint density at radius 3 is 2.93 bits per heavy atom. The van der Waals surface area contributed by atoms with Gasteiger partial charge in [0.05, 0.1) is 0 Å². The Balaban J connectivity index is 2.29. The van der Waals surface area contributed by atoms with E-state index in [2.05, 4.69) is 21.2 Å². The number of rotatable bonds is 1. The number of benzene rings is 1. The van der Waals surface area contributed by atoms with Crippen molar-refractivity contribution >= 4 is 15.9 Å². The van der Waals surface area contributed by atoms with Gasteiger partial charge in [-0.05, 0) is 31.5 Å². The van der Waals surface area contributed by atoms with Gasteiger partial charge in [0.1, 0.15) is 5.82 Å². The zero-order valence-electron chi connectivity index (χ0n) is 7.89. The molecule has 1 fully saturated rings. The predicted molar refractivity (Wildman–Crippen MR) is 58.9 cm³/mol. The molecule has 76 valence electrons. The maximum Gasteiger partial charge on any atom is 0.127 e. The maximum absolute atomic E-state index is 13.6. The average molecular weight is 258 g/mol. The van der Waals surface area contributed by atoms with E-state index in [9.17, 15) is 4.39 Å². The number of halogens is 2. The van der Waals surface area contributed by atoms with E-state index in [1.54, 1.807) is 6.07 Å². The molecule has 1 aromatic rings. The SMILES string of the molecule is Fc1cccc(Br)c1C1CCCNC1. The first-order chi connectivity index (χ1) is 6.79. The van der Waals surface area contributed by atoms with Gasteiger partial charge >= 0.3 is 0 Å². The summed E-state index contributed by atoms with van der Waals surface area (Å²) in [6.07, 6.45) is 2.21. The molecule has 1 aromatic carbocycles. The molecule has 14 heavy (non-hydrogen) atoms. The lowest BCUT2D eigenvalue weighted by atomic mass is 9.91. The van der Waals surface area contributed by atoms with E-state index in [4.69, 9.17) is 0 Å². The molecule has 0 aliphatic carbocycles. The summed E-state index contributed by atoms with van der Waals surface area (Å²) < 4.78 is 14.5. The highest BCUT2D eigenvalue weighted by Crippen LogP contribution is 2.31. The first kappa shape index (κ1) is 10.1. The molecule has 1 unspecified atom stereocenters. The Kier molecular flexibility index (Phi) is 3.19. The lowest BCUT2D eigenvalue weighted by molar-refractivity contribution is 0.445. The zero-order valence-corrected chi connectivity index (χ0v) is 9.48. The predicted octanol–water partition coefficient (Wildman–Crippen LogP) is 3.06. The maximum atomic E-state index is 13.6. The Hall–Kier alpha value is -0.410. The lowest BCUT2D eigenvalue weighted by Crippen LogP contribution is -2.29. The zero-order chi connectivity index (χ0) is 9.97. The summed E-state index contributed by atoms with van der Waals surface area (Å²) in [5, 5.41) is 3.30.